The van der Waals surface area contributed by atoms with Crippen LogP contribution in [0.5, 0.6) is 0 Å². The van der Waals surface area contributed by atoms with Crippen molar-refractivity contribution in [1.82, 2.24) is 9.97 Å². The molecule has 0 aliphatic heterocycles. The van der Waals surface area contributed by atoms with E-state index < -0.39 is 0 Å². The number of imidazole rings is 1. The lowest BCUT2D eigenvalue weighted by Crippen LogP contribution is -1.93. The highest BCUT2D eigenvalue weighted by molar-refractivity contribution is 9.12. The Kier molecular flexibility index (Phi) is 3.42. The van der Waals surface area contributed by atoms with Gasteiger partial charge in [-0.15, -0.1) is 11.3 Å². The number of nitrogens with zero attached hydrogens (tertiary/aromatic N) is 1. The van der Waals surface area contributed by atoms with Crippen LogP contribution in [0.15, 0.2) is 31.8 Å². The second-order valence-corrected chi connectivity index (χ2v) is 7.54. The Labute approximate surface area is 129 Å². The lowest BCUT2D eigenvalue weighted by molar-refractivity contribution is -0.105. The number of aromatic amines is 1. The minimum atomic E-state index is 0.653. The van der Waals surface area contributed by atoms with Crippen LogP contribution in [0, 0.1) is 0 Å². The predicted molar refractivity (Wildman–Crippen MR) is 84.5 cm³/mol. The molecule has 3 rings (SSSR count). The van der Waals surface area contributed by atoms with Crippen molar-refractivity contribution in [1.29, 1.82) is 0 Å². The zero-order valence-electron chi connectivity index (χ0n) is 9.41. The van der Waals surface area contributed by atoms with Crippen LogP contribution in [-0.2, 0) is 4.79 Å². The molecule has 0 bridgehead atoms. The van der Waals surface area contributed by atoms with Crippen LogP contribution in [0.4, 0.5) is 5.69 Å². The number of hydrogen-bond donors (Lipinski definition) is 2. The molecule has 3 aromatic rings. The molecule has 4 nitrogen and oxygen atoms in total. The van der Waals surface area contributed by atoms with Gasteiger partial charge in [-0.25, -0.2) is 4.98 Å². The molecule has 1 amide bonds. The smallest absolute Gasteiger partial charge is 0.211 e. The van der Waals surface area contributed by atoms with Gasteiger partial charge in [-0.1, -0.05) is 6.07 Å². The van der Waals surface area contributed by atoms with Crippen molar-refractivity contribution in [2.75, 3.05) is 5.32 Å². The number of amides is 1. The third-order valence-electron chi connectivity index (χ3n) is 2.64. The summed E-state index contributed by atoms with van der Waals surface area (Å²) in [6.07, 6.45) is 0.653. The van der Waals surface area contributed by atoms with Gasteiger partial charge in [0.1, 0.15) is 11.3 Å². The van der Waals surface area contributed by atoms with Crippen molar-refractivity contribution in [3.8, 4) is 11.4 Å². The van der Waals surface area contributed by atoms with E-state index in [-0.39, 0.29) is 0 Å². The summed E-state index contributed by atoms with van der Waals surface area (Å²) in [5.74, 6) is 0.768. The number of carbonyl (C=O) groups excluding carboxylic acids is 1. The zero-order valence-corrected chi connectivity index (χ0v) is 13.4. The highest BCUT2D eigenvalue weighted by Gasteiger charge is 2.13. The second-order valence-electron chi connectivity index (χ2n) is 3.79. The maximum atomic E-state index is 10.6. The van der Waals surface area contributed by atoms with Crippen molar-refractivity contribution < 1.29 is 4.79 Å². The number of H-pyrrole nitrogens is 1. The molecule has 0 atom stereocenters. The third kappa shape index (κ3) is 2.33. The van der Waals surface area contributed by atoms with Gasteiger partial charge in [-0.3, -0.25) is 4.79 Å². The summed E-state index contributed by atoms with van der Waals surface area (Å²) < 4.78 is 2.03. The monoisotopic (exact) mass is 399 g/mol. The summed E-state index contributed by atoms with van der Waals surface area (Å²) in [5.41, 5.74) is 3.32. The van der Waals surface area contributed by atoms with Gasteiger partial charge in [0.15, 0.2) is 0 Å². The average molecular weight is 401 g/mol. The second kappa shape index (κ2) is 5.07. The van der Waals surface area contributed by atoms with Gasteiger partial charge in [-0.2, -0.15) is 0 Å². The first kappa shape index (κ1) is 12.8. The molecule has 0 unspecified atom stereocenters. The molecule has 0 aliphatic rings. The van der Waals surface area contributed by atoms with E-state index in [4.69, 9.17) is 0 Å². The molecule has 2 heterocycles. The number of rotatable bonds is 3. The standard InChI is InChI=1S/C12H7Br2N3OS/c13-9-4-6(11(14)19-9)12-16-8-3-1-2-7(15-5-18)10(8)17-12/h1-5H,(H,15,18)(H,16,17). The normalized spacial score (nSPS) is 10.8. The van der Waals surface area contributed by atoms with E-state index in [2.05, 4.69) is 47.1 Å². The van der Waals surface area contributed by atoms with Gasteiger partial charge in [0.2, 0.25) is 6.41 Å². The Bertz CT molecular complexity index is 766. The summed E-state index contributed by atoms with van der Waals surface area (Å²) in [5, 5.41) is 2.65. The number of nitrogens with one attached hydrogen (secondary N) is 2. The lowest BCUT2D eigenvalue weighted by Gasteiger charge is -1.97. The van der Waals surface area contributed by atoms with Crippen LogP contribution in [-0.4, -0.2) is 16.4 Å². The molecule has 0 aliphatic carbocycles. The molecule has 0 saturated carbocycles. The molecule has 96 valence electrons. The fourth-order valence-corrected chi connectivity index (χ4v) is 4.65. The van der Waals surface area contributed by atoms with E-state index in [1.165, 1.54) is 0 Å². The van der Waals surface area contributed by atoms with Crippen LogP contribution in [0.1, 0.15) is 0 Å². The molecule has 19 heavy (non-hydrogen) atoms. The predicted octanol–water partition coefficient (Wildman–Crippen LogP) is 4.38. The van der Waals surface area contributed by atoms with Crippen molar-refractivity contribution >= 4 is 66.3 Å². The SMILES string of the molecule is O=CNc1cccc2[nH]c(-c3cc(Br)sc3Br)nc12. The lowest BCUT2D eigenvalue weighted by atomic mass is 10.3. The summed E-state index contributed by atoms with van der Waals surface area (Å²) in [6.45, 7) is 0. The molecule has 2 N–H and O–H groups in total. The van der Waals surface area contributed by atoms with E-state index >= 15 is 0 Å². The number of anilines is 1. The molecular formula is C12H7Br2N3OS. The first-order valence-electron chi connectivity index (χ1n) is 5.33. The fourth-order valence-electron chi connectivity index (χ4n) is 1.84. The minimum absolute atomic E-state index is 0.653. The quantitative estimate of drug-likeness (QED) is 0.640. The molecule has 2 aromatic heterocycles. The average Bonchev–Trinajstić information content (AvgIpc) is 2.93. The van der Waals surface area contributed by atoms with E-state index in [1.807, 2.05) is 24.3 Å². The van der Waals surface area contributed by atoms with E-state index in [0.29, 0.717) is 12.1 Å². The highest BCUT2D eigenvalue weighted by atomic mass is 79.9. The highest BCUT2D eigenvalue weighted by Crippen LogP contribution is 2.38. The van der Waals surface area contributed by atoms with Crippen LogP contribution in [0.3, 0.4) is 0 Å². The largest absolute Gasteiger partial charge is 0.338 e. The Balaban J connectivity index is 2.19. The number of carbonyl (C=O) groups is 1. The maximum absolute atomic E-state index is 10.6. The Morgan fingerprint density at radius 1 is 1.37 bits per heavy atom. The number of halogens is 2. The molecule has 7 heteroatoms. The molecule has 0 radical (unpaired) electrons. The third-order valence-corrected chi connectivity index (χ3v) is 4.98. The van der Waals surface area contributed by atoms with E-state index in [9.17, 15) is 4.79 Å². The first-order valence-corrected chi connectivity index (χ1v) is 7.73. The van der Waals surface area contributed by atoms with E-state index in [0.717, 1.165) is 30.0 Å². The molecule has 0 fully saturated rings. The van der Waals surface area contributed by atoms with Crippen molar-refractivity contribution in [3.05, 3.63) is 31.8 Å². The van der Waals surface area contributed by atoms with Gasteiger partial charge < -0.3 is 10.3 Å². The number of fused-ring (bicyclic) bond motifs is 1. The summed E-state index contributed by atoms with van der Waals surface area (Å²) in [6, 6.07) is 7.62. The molecule has 1 aromatic carbocycles. The van der Waals surface area contributed by atoms with Crippen LogP contribution >= 0.6 is 43.2 Å². The van der Waals surface area contributed by atoms with Crippen molar-refractivity contribution in [2.45, 2.75) is 0 Å². The number of thiophene rings is 1. The molecular weight excluding hydrogens is 394 g/mol. The minimum Gasteiger partial charge on any atom is -0.338 e. The zero-order chi connectivity index (χ0) is 13.4. The Hall–Kier alpha value is -1.18. The number of aromatic nitrogens is 2. The number of hydrogen-bond acceptors (Lipinski definition) is 3. The molecule has 0 spiro atoms. The first-order chi connectivity index (χ1) is 9.19. The van der Waals surface area contributed by atoms with Crippen molar-refractivity contribution in [2.24, 2.45) is 0 Å². The fraction of sp³-hybridized carbons (Fsp3) is 0. The van der Waals surface area contributed by atoms with Gasteiger partial charge in [0.25, 0.3) is 0 Å². The topological polar surface area (TPSA) is 57.8 Å². The Morgan fingerprint density at radius 3 is 2.89 bits per heavy atom. The summed E-state index contributed by atoms with van der Waals surface area (Å²) >= 11 is 8.56. The number of benzene rings is 1. The summed E-state index contributed by atoms with van der Waals surface area (Å²) in [7, 11) is 0. The van der Waals surface area contributed by atoms with Crippen LogP contribution < -0.4 is 5.32 Å². The maximum Gasteiger partial charge on any atom is 0.211 e. The van der Waals surface area contributed by atoms with Gasteiger partial charge in [-0.05, 0) is 50.1 Å². The van der Waals surface area contributed by atoms with Gasteiger partial charge in [0.05, 0.1) is 18.8 Å². The Morgan fingerprint density at radius 2 is 2.21 bits per heavy atom. The van der Waals surface area contributed by atoms with Crippen LogP contribution in [0.25, 0.3) is 22.4 Å². The van der Waals surface area contributed by atoms with Gasteiger partial charge in [0, 0.05) is 5.56 Å². The number of para-hydroxylation sites is 1. The van der Waals surface area contributed by atoms with Gasteiger partial charge >= 0.3 is 0 Å². The summed E-state index contributed by atoms with van der Waals surface area (Å²) in [4.78, 5) is 18.4. The van der Waals surface area contributed by atoms with Crippen molar-refractivity contribution in [3.63, 3.8) is 0 Å². The molecule has 0 saturated heterocycles. The van der Waals surface area contributed by atoms with Crippen LogP contribution in [0.2, 0.25) is 0 Å². The van der Waals surface area contributed by atoms with E-state index in [1.54, 1.807) is 11.3 Å².